The summed E-state index contributed by atoms with van der Waals surface area (Å²) in [6, 6.07) is 0. The fourth-order valence-corrected chi connectivity index (χ4v) is 3.73. The Balaban J connectivity index is 1.47. The third-order valence-corrected chi connectivity index (χ3v) is 4.85. The van der Waals surface area contributed by atoms with Crippen LogP contribution in [0, 0.1) is 17.8 Å². The number of amides is 1. The maximum absolute atomic E-state index is 12.3. The first kappa shape index (κ1) is 11.8. The second-order valence-electron chi connectivity index (χ2n) is 5.78. The summed E-state index contributed by atoms with van der Waals surface area (Å²) in [5.74, 6) is 3.30. The first-order chi connectivity index (χ1) is 8.28. The quantitative estimate of drug-likeness (QED) is 0.713. The molecule has 3 aliphatic rings. The number of hydrogen-bond donors (Lipinski definition) is 0. The van der Waals surface area contributed by atoms with E-state index in [0.717, 1.165) is 44.6 Å². The van der Waals surface area contributed by atoms with Crippen molar-refractivity contribution in [2.45, 2.75) is 19.3 Å². The molecule has 1 heterocycles. The van der Waals surface area contributed by atoms with E-state index in [1.807, 2.05) is 0 Å². The number of piperazine rings is 1. The van der Waals surface area contributed by atoms with Crippen molar-refractivity contribution >= 4 is 17.5 Å². The number of alkyl halides is 1. The van der Waals surface area contributed by atoms with Crippen LogP contribution < -0.4 is 0 Å². The minimum Gasteiger partial charge on any atom is -0.340 e. The second kappa shape index (κ2) is 4.77. The molecule has 2 saturated carbocycles. The third-order valence-electron chi connectivity index (χ3n) is 4.68. The normalized spacial score (nSPS) is 37.0. The van der Waals surface area contributed by atoms with E-state index in [-0.39, 0.29) is 0 Å². The lowest BCUT2D eigenvalue weighted by atomic mass is 10.0. The van der Waals surface area contributed by atoms with Crippen molar-refractivity contribution in [2.24, 2.45) is 17.8 Å². The molecule has 1 saturated heterocycles. The SMILES string of the molecule is O=C(C1CC2CC2C1)N1CCN(CCCl)CC1. The van der Waals surface area contributed by atoms with Crippen molar-refractivity contribution in [2.75, 3.05) is 38.6 Å². The van der Waals surface area contributed by atoms with Crippen molar-refractivity contribution in [3.63, 3.8) is 0 Å². The maximum atomic E-state index is 12.3. The number of nitrogens with zero attached hydrogens (tertiary/aromatic N) is 2. The van der Waals surface area contributed by atoms with E-state index in [2.05, 4.69) is 9.80 Å². The summed E-state index contributed by atoms with van der Waals surface area (Å²) in [5, 5.41) is 0. The van der Waals surface area contributed by atoms with E-state index >= 15 is 0 Å². The molecule has 1 aliphatic heterocycles. The smallest absolute Gasteiger partial charge is 0.225 e. The summed E-state index contributed by atoms with van der Waals surface area (Å²) in [7, 11) is 0. The molecule has 0 N–H and O–H groups in total. The lowest BCUT2D eigenvalue weighted by molar-refractivity contribution is -0.137. The zero-order chi connectivity index (χ0) is 11.8. The molecule has 0 aromatic carbocycles. The van der Waals surface area contributed by atoms with E-state index in [9.17, 15) is 4.79 Å². The van der Waals surface area contributed by atoms with Gasteiger partial charge in [-0.1, -0.05) is 0 Å². The van der Waals surface area contributed by atoms with E-state index in [1.165, 1.54) is 19.3 Å². The van der Waals surface area contributed by atoms with Gasteiger partial charge in [0.15, 0.2) is 0 Å². The van der Waals surface area contributed by atoms with E-state index in [4.69, 9.17) is 11.6 Å². The minimum atomic E-state index is 0.360. The van der Waals surface area contributed by atoms with E-state index < -0.39 is 0 Å². The van der Waals surface area contributed by atoms with Crippen LogP contribution in [0.2, 0.25) is 0 Å². The van der Waals surface area contributed by atoms with E-state index in [0.29, 0.717) is 17.7 Å². The lowest BCUT2D eigenvalue weighted by Crippen LogP contribution is -2.50. The van der Waals surface area contributed by atoms with Crippen LogP contribution >= 0.6 is 11.6 Å². The van der Waals surface area contributed by atoms with Crippen LogP contribution in [-0.2, 0) is 4.79 Å². The predicted octanol–water partition coefficient (Wildman–Crippen LogP) is 1.42. The zero-order valence-electron chi connectivity index (χ0n) is 10.3. The number of hydrogen-bond acceptors (Lipinski definition) is 2. The van der Waals surface area contributed by atoms with Gasteiger partial charge in [-0.2, -0.15) is 0 Å². The van der Waals surface area contributed by atoms with Crippen LogP contribution in [0.3, 0.4) is 0 Å². The maximum Gasteiger partial charge on any atom is 0.225 e. The Hall–Kier alpha value is -0.280. The average Bonchev–Trinajstić information content (AvgIpc) is 2.97. The van der Waals surface area contributed by atoms with Crippen LogP contribution in [0.5, 0.6) is 0 Å². The summed E-state index contributed by atoms with van der Waals surface area (Å²) in [6.07, 6.45) is 3.74. The Labute approximate surface area is 108 Å². The van der Waals surface area contributed by atoms with Crippen LogP contribution in [0.15, 0.2) is 0 Å². The van der Waals surface area contributed by atoms with Gasteiger partial charge >= 0.3 is 0 Å². The number of fused-ring (bicyclic) bond motifs is 1. The monoisotopic (exact) mass is 256 g/mol. The molecule has 2 atom stereocenters. The summed E-state index contributed by atoms with van der Waals surface area (Å²) < 4.78 is 0. The molecule has 1 amide bonds. The first-order valence-electron chi connectivity index (χ1n) is 6.85. The molecule has 2 aliphatic carbocycles. The number of halogens is 1. The molecule has 0 aromatic rings. The van der Waals surface area contributed by atoms with E-state index in [1.54, 1.807) is 0 Å². The summed E-state index contributed by atoms with van der Waals surface area (Å²) in [6.45, 7) is 4.76. The molecular weight excluding hydrogens is 236 g/mol. The largest absolute Gasteiger partial charge is 0.340 e. The van der Waals surface area contributed by atoms with Crippen molar-refractivity contribution < 1.29 is 4.79 Å². The van der Waals surface area contributed by atoms with Crippen LogP contribution in [0.4, 0.5) is 0 Å². The molecule has 3 fully saturated rings. The molecule has 17 heavy (non-hydrogen) atoms. The predicted molar refractivity (Wildman–Crippen MR) is 68.1 cm³/mol. The Morgan fingerprint density at radius 3 is 2.29 bits per heavy atom. The topological polar surface area (TPSA) is 23.6 Å². The second-order valence-corrected chi connectivity index (χ2v) is 6.16. The van der Waals surface area contributed by atoms with Crippen molar-refractivity contribution in [1.82, 2.24) is 9.80 Å². The zero-order valence-corrected chi connectivity index (χ0v) is 11.0. The molecule has 0 bridgehead atoms. The molecule has 2 unspecified atom stereocenters. The highest BCUT2D eigenvalue weighted by Crippen LogP contribution is 2.54. The first-order valence-corrected chi connectivity index (χ1v) is 7.38. The van der Waals surface area contributed by atoms with Gasteiger partial charge in [-0.3, -0.25) is 9.69 Å². The standard InChI is InChI=1S/C13H21ClN2O/c14-1-2-15-3-5-16(6-4-15)13(17)12-8-10-7-11(10)9-12/h10-12H,1-9H2. The summed E-state index contributed by atoms with van der Waals surface area (Å²) in [4.78, 5) is 16.7. The highest BCUT2D eigenvalue weighted by Gasteiger charge is 2.48. The number of carbonyl (C=O) groups is 1. The third kappa shape index (κ3) is 2.45. The Morgan fingerprint density at radius 2 is 1.71 bits per heavy atom. The van der Waals surface area contributed by atoms with Gasteiger partial charge in [-0.15, -0.1) is 11.6 Å². The van der Waals surface area contributed by atoms with Gasteiger partial charge in [0.05, 0.1) is 0 Å². The van der Waals surface area contributed by atoms with Crippen LogP contribution in [0.1, 0.15) is 19.3 Å². The molecular formula is C13H21ClN2O. The van der Waals surface area contributed by atoms with Crippen LogP contribution in [-0.4, -0.2) is 54.3 Å². The highest BCUT2D eigenvalue weighted by molar-refractivity contribution is 6.18. The van der Waals surface area contributed by atoms with Gasteiger partial charge in [0.2, 0.25) is 5.91 Å². The van der Waals surface area contributed by atoms with Gasteiger partial charge in [0, 0.05) is 44.5 Å². The molecule has 4 heteroatoms. The Bertz CT molecular complexity index is 292. The molecule has 0 spiro atoms. The van der Waals surface area contributed by atoms with Crippen LogP contribution in [0.25, 0.3) is 0 Å². The molecule has 3 nitrogen and oxygen atoms in total. The number of carbonyl (C=O) groups excluding carboxylic acids is 1. The number of rotatable bonds is 3. The molecule has 0 radical (unpaired) electrons. The fourth-order valence-electron chi connectivity index (χ4n) is 3.49. The Morgan fingerprint density at radius 1 is 1.06 bits per heavy atom. The van der Waals surface area contributed by atoms with Crippen molar-refractivity contribution in [1.29, 1.82) is 0 Å². The van der Waals surface area contributed by atoms with Gasteiger partial charge in [-0.05, 0) is 31.1 Å². The Kier molecular flexibility index (Phi) is 3.31. The summed E-state index contributed by atoms with van der Waals surface area (Å²) in [5.41, 5.74) is 0. The highest BCUT2D eigenvalue weighted by atomic mass is 35.5. The van der Waals surface area contributed by atoms with Crippen molar-refractivity contribution in [3.05, 3.63) is 0 Å². The molecule has 0 aromatic heterocycles. The van der Waals surface area contributed by atoms with Gasteiger partial charge in [-0.25, -0.2) is 0 Å². The summed E-state index contributed by atoms with van der Waals surface area (Å²) >= 11 is 5.74. The van der Waals surface area contributed by atoms with Gasteiger partial charge < -0.3 is 4.90 Å². The van der Waals surface area contributed by atoms with Gasteiger partial charge in [0.25, 0.3) is 0 Å². The van der Waals surface area contributed by atoms with Crippen molar-refractivity contribution in [3.8, 4) is 0 Å². The lowest BCUT2D eigenvalue weighted by Gasteiger charge is -2.35. The molecule has 96 valence electrons. The molecule has 3 rings (SSSR count). The average molecular weight is 257 g/mol. The van der Waals surface area contributed by atoms with Gasteiger partial charge in [0.1, 0.15) is 0 Å². The fraction of sp³-hybridized carbons (Fsp3) is 0.923. The minimum absolute atomic E-state index is 0.360.